The van der Waals surface area contributed by atoms with E-state index in [0.29, 0.717) is 17.3 Å². The van der Waals surface area contributed by atoms with E-state index >= 15 is 0 Å². The summed E-state index contributed by atoms with van der Waals surface area (Å²) in [6.45, 7) is 5.14. The third-order valence-electron chi connectivity index (χ3n) is 6.54. The summed E-state index contributed by atoms with van der Waals surface area (Å²) in [4.78, 5) is 12.7. The van der Waals surface area contributed by atoms with Crippen LogP contribution in [0, 0.1) is 6.92 Å². The Balaban J connectivity index is 2.10. The van der Waals surface area contributed by atoms with Gasteiger partial charge in [-0.05, 0) is 62.2 Å². The SMILES string of the molecule is CCCOP(=O)(OCCC)C1(NS(=O)(=O)c2ccc(Br)cc2)C=C(S(=O)(=O)c2ccc(C)cc2)C(=O)c2ccccc21. The standard InChI is InChI=1S/C29H31BrNO8PS2/c1-4-18-38-40(33,39-19-5-2)29(31-42(36,37)24-16-12-22(30)13-17-24)20-27(28(32)25-8-6-7-9-26(25)29)41(34,35)23-14-10-21(3)11-15-23/h6-17,20,31H,4-5,18-19H2,1-3H3. The average Bonchev–Trinajstić information content (AvgIpc) is 2.96. The van der Waals surface area contributed by atoms with Gasteiger partial charge in [-0.25, -0.2) is 16.8 Å². The second kappa shape index (κ2) is 12.7. The zero-order chi connectivity index (χ0) is 30.8. The molecule has 0 spiro atoms. The topological polar surface area (TPSA) is 133 Å². The summed E-state index contributed by atoms with van der Waals surface area (Å²) in [5.74, 6) is -0.873. The first kappa shape index (κ1) is 32.5. The van der Waals surface area contributed by atoms with Crippen molar-refractivity contribution in [2.24, 2.45) is 0 Å². The number of fused-ring (bicyclic) bond motifs is 1. The van der Waals surface area contributed by atoms with Gasteiger partial charge < -0.3 is 9.05 Å². The fourth-order valence-corrected chi connectivity index (χ4v) is 10.3. The first-order chi connectivity index (χ1) is 19.8. The number of benzene rings is 3. The Kier molecular flexibility index (Phi) is 9.79. The molecule has 13 heteroatoms. The number of carbonyl (C=O) groups is 1. The first-order valence-corrected chi connectivity index (χ1v) is 18.5. The molecule has 4 rings (SSSR count). The molecule has 0 aliphatic heterocycles. The highest BCUT2D eigenvalue weighted by molar-refractivity contribution is 9.10. The van der Waals surface area contributed by atoms with E-state index in [1.807, 2.05) is 0 Å². The number of sulfone groups is 1. The van der Waals surface area contributed by atoms with E-state index in [-0.39, 0.29) is 34.1 Å². The van der Waals surface area contributed by atoms with Crippen LogP contribution in [0.4, 0.5) is 0 Å². The van der Waals surface area contributed by atoms with Crippen molar-refractivity contribution in [1.29, 1.82) is 0 Å². The predicted octanol–water partition coefficient (Wildman–Crippen LogP) is 6.49. The van der Waals surface area contributed by atoms with E-state index in [0.717, 1.165) is 11.6 Å². The Labute approximate surface area is 255 Å². The summed E-state index contributed by atoms with van der Waals surface area (Å²) < 4.78 is 85.6. The highest BCUT2D eigenvalue weighted by atomic mass is 79.9. The van der Waals surface area contributed by atoms with E-state index in [9.17, 15) is 26.2 Å². The molecule has 1 aliphatic carbocycles. The van der Waals surface area contributed by atoms with Crippen molar-refractivity contribution in [1.82, 2.24) is 4.72 Å². The lowest BCUT2D eigenvalue weighted by Gasteiger charge is -2.40. The number of halogens is 1. The molecule has 0 heterocycles. The highest BCUT2D eigenvalue weighted by Gasteiger charge is 2.58. The monoisotopic (exact) mass is 695 g/mol. The highest BCUT2D eigenvalue weighted by Crippen LogP contribution is 2.67. The number of ketones is 1. The van der Waals surface area contributed by atoms with E-state index in [2.05, 4.69) is 20.7 Å². The van der Waals surface area contributed by atoms with Gasteiger partial charge in [-0.2, -0.15) is 4.72 Å². The first-order valence-electron chi connectivity index (χ1n) is 13.2. The fourth-order valence-electron chi connectivity index (χ4n) is 4.43. The second-order valence-electron chi connectivity index (χ2n) is 9.69. The molecule has 3 aromatic carbocycles. The maximum absolute atomic E-state index is 15.0. The van der Waals surface area contributed by atoms with Crippen LogP contribution in [-0.4, -0.2) is 35.8 Å². The maximum Gasteiger partial charge on any atom is 0.360 e. The molecule has 0 saturated carbocycles. The quantitative estimate of drug-likeness (QED) is 0.213. The van der Waals surface area contributed by atoms with E-state index in [1.165, 1.54) is 60.7 Å². The molecule has 0 bridgehead atoms. The minimum absolute atomic E-state index is 0.0471. The van der Waals surface area contributed by atoms with Gasteiger partial charge in [0.15, 0.2) is 5.28 Å². The molecule has 1 aliphatic rings. The summed E-state index contributed by atoms with van der Waals surface area (Å²) in [5, 5.41) is -2.42. The molecular weight excluding hydrogens is 665 g/mol. The van der Waals surface area contributed by atoms with Crippen LogP contribution >= 0.6 is 23.5 Å². The van der Waals surface area contributed by atoms with E-state index in [1.54, 1.807) is 32.9 Å². The fraction of sp³-hybridized carbons (Fsp3) is 0.276. The molecule has 0 radical (unpaired) electrons. The van der Waals surface area contributed by atoms with Crippen molar-refractivity contribution >= 4 is 49.2 Å². The summed E-state index contributed by atoms with van der Waals surface area (Å²) in [7, 11) is -13.7. The van der Waals surface area contributed by atoms with Gasteiger partial charge in [0.25, 0.3) is 0 Å². The molecule has 1 unspecified atom stereocenters. The average molecular weight is 697 g/mol. The normalized spacial score (nSPS) is 17.5. The molecule has 1 atom stereocenters. The van der Waals surface area contributed by atoms with E-state index in [4.69, 9.17) is 9.05 Å². The van der Waals surface area contributed by atoms with E-state index < -0.39 is 43.4 Å². The number of carbonyl (C=O) groups excluding carboxylic acids is 1. The van der Waals surface area contributed by atoms with Gasteiger partial charge in [-0.1, -0.05) is 71.7 Å². The van der Waals surface area contributed by atoms with Gasteiger partial charge in [0.05, 0.1) is 23.0 Å². The zero-order valence-electron chi connectivity index (χ0n) is 23.2. The maximum atomic E-state index is 15.0. The smallest absolute Gasteiger partial charge is 0.307 e. The van der Waals surface area contributed by atoms with Crippen molar-refractivity contribution in [2.45, 2.75) is 48.7 Å². The van der Waals surface area contributed by atoms with Crippen LogP contribution in [0.15, 0.2) is 98.0 Å². The van der Waals surface area contributed by atoms with Crippen molar-refractivity contribution < 1.29 is 35.2 Å². The molecule has 1 N–H and O–H groups in total. The van der Waals surface area contributed by atoms with Gasteiger partial charge in [0.2, 0.25) is 25.6 Å². The Morgan fingerprint density at radius 3 is 1.95 bits per heavy atom. The van der Waals surface area contributed by atoms with Crippen LogP contribution < -0.4 is 4.72 Å². The van der Waals surface area contributed by atoms with Crippen LogP contribution in [-0.2, 0) is 38.8 Å². The number of Topliss-reactive ketones (excluding diaryl/α,β-unsaturated/α-hetero) is 1. The van der Waals surface area contributed by atoms with Crippen molar-refractivity contribution in [3.8, 4) is 0 Å². The molecule has 0 aromatic heterocycles. The lowest BCUT2D eigenvalue weighted by molar-refractivity contribution is 0.103. The van der Waals surface area contributed by atoms with Crippen LogP contribution in [0.2, 0.25) is 0 Å². The minimum atomic E-state index is -4.64. The Morgan fingerprint density at radius 2 is 1.38 bits per heavy atom. The van der Waals surface area contributed by atoms with Gasteiger partial charge >= 0.3 is 7.60 Å². The molecule has 3 aromatic rings. The van der Waals surface area contributed by atoms with Crippen molar-refractivity contribution in [3.63, 3.8) is 0 Å². The van der Waals surface area contributed by atoms with Crippen LogP contribution in [0.1, 0.15) is 48.2 Å². The van der Waals surface area contributed by atoms with Gasteiger partial charge in [0, 0.05) is 15.6 Å². The van der Waals surface area contributed by atoms with Gasteiger partial charge in [-0.3, -0.25) is 9.36 Å². The summed E-state index contributed by atoms with van der Waals surface area (Å²) in [5.41, 5.74) is 0.601. The molecule has 0 amide bonds. The van der Waals surface area contributed by atoms with Gasteiger partial charge in [-0.15, -0.1) is 0 Å². The molecule has 9 nitrogen and oxygen atoms in total. The molecule has 224 valence electrons. The second-order valence-corrected chi connectivity index (χ2v) is 16.4. The lowest BCUT2D eigenvalue weighted by Crippen LogP contribution is -2.48. The van der Waals surface area contributed by atoms with Crippen molar-refractivity contribution in [2.75, 3.05) is 13.2 Å². The van der Waals surface area contributed by atoms with Crippen LogP contribution in [0.25, 0.3) is 0 Å². The summed E-state index contributed by atoms with van der Waals surface area (Å²) >= 11 is 3.28. The number of sulfonamides is 1. The number of hydrogen-bond acceptors (Lipinski definition) is 8. The number of hydrogen-bond donors (Lipinski definition) is 1. The Morgan fingerprint density at radius 1 is 0.833 bits per heavy atom. The summed E-state index contributed by atoms with van der Waals surface area (Å²) in [6, 6.07) is 17.4. The minimum Gasteiger partial charge on any atom is -0.307 e. The number of allylic oxidation sites excluding steroid dienone is 1. The number of nitrogens with one attached hydrogen (secondary N) is 1. The predicted molar refractivity (Wildman–Crippen MR) is 163 cm³/mol. The molecule has 42 heavy (non-hydrogen) atoms. The van der Waals surface area contributed by atoms with Crippen LogP contribution in [0.5, 0.6) is 0 Å². The Hall–Kier alpha value is -2.44. The zero-order valence-corrected chi connectivity index (χ0v) is 27.4. The third kappa shape index (κ3) is 6.12. The third-order valence-corrected chi connectivity index (χ3v) is 12.9. The van der Waals surface area contributed by atoms with Crippen LogP contribution in [0.3, 0.4) is 0 Å². The number of rotatable bonds is 12. The molecular formula is C29H31BrNO8PS2. The molecule has 0 fully saturated rings. The van der Waals surface area contributed by atoms with Gasteiger partial charge in [0.1, 0.15) is 4.91 Å². The molecule has 0 saturated heterocycles. The van der Waals surface area contributed by atoms with Crippen molar-refractivity contribution in [3.05, 3.63) is 105 Å². The Bertz CT molecular complexity index is 1760. The largest absolute Gasteiger partial charge is 0.360 e. The lowest BCUT2D eigenvalue weighted by atomic mass is 9.92. The summed E-state index contributed by atoms with van der Waals surface area (Å²) in [6.07, 6.45) is 1.69. The number of aryl methyl sites for hydroxylation is 1.